The fourth-order valence-electron chi connectivity index (χ4n) is 3.11. The van der Waals surface area contributed by atoms with E-state index in [1.165, 1.54) is 0 Å². The fraction of sp³-hybridized carbons (Fsp3) is 0.609. The van der Waals surface area contributed by atoms with Gasteiger partial charge in [-0.3, -0.25) is 4.68 Å². The van der Waals surface area contributed by atoms with E-state index in [1.54, 1.807) is 0 Å². The lowest BCUT2D eigenvalue weighted by molar-refractivity contribution is -0.278. The number of ether oxygens (including phenoxy) is 3. The minimum Gasteiger partial charge on any atom is -0.491 e. The Balaban J connectivity index is 2.17. The first-order valence-corrected chi connectivity index (χ1v) is 9.46. The zero-order valence-electron chi connectivity index (χ0n) is 31.9. The van der Waals surface area contributed by atoms with Gasteiger partial charge < -0.3 is 34.6 Å². The number of nitrogens with zero attached hydrogens (tertiary/aromatic N) is 2. The largest absolute Gasteiger partial charge is 0.491 e. The highest BCUT2D eigenvalue weighted by atomic mass is 16.7. The smallest absolute Gasteiger partial charge is 0.239 e. The van der Waals surface area contributed by atoms with Gasteiger partial charge in [-0.15, -0.1) is 5.10 Å². The Kier molecular flexibility index (Phi) is 3.60. The van der Waals surface area contributed by atoms with Crippen LogP contribution in [0.1, 0.15) is 70.8 Å². The topological polar surface area (TPSA) is 126 Å². The molecule has 1 aliphatic rings. The Morgan fingerprint density at radius 1 is 1.16 bits per heavy atom. The number of aromatic nitrogens is 2. The monoisotopic (exact) mass is 465 g/mol. The number of benzene rings is 1. The van der Waals surface area contributed by atoms with E-state index in [9.17, 15) is 20.4 Å². The van der Waals surface area contributed by atoms with E-state index in [0.29, 0.717) is 4.68 Å². The first-order valence-electron chi connectivity index (χ1n) is 17.0. The van der Waals surface area contributed by atoms with Gasteiger partial charge in [0.2, 0.25) is 12.2 Å². The summed E-state index contributed by atoms with van der Waals surface area (Å²) in [4.78, 5) is 0. The first-order chi connectivity index (χ1) is 21.1. The summed E-state index contributed by atoms with van der Waals surface area (Å²) in [5.41, 5.74) is -1.24. The van der Waals surface area contributed by atoms with Gasteiger partial charge in [-0.2, -0.15) is 0 Å². The molecule has 9 nitrogen and oxygen atoms in total. The van der Waals surface area contributed by atoms with Gasteiger partial charge >= 0.3 is 0 Å². The molecule has 178 valence electrons. The number of aliphatic hydroxyl groups is 4. The predicted octanol–water partition coefficient (Wildman–Crippen LogP) is 1.33. The number of hydrogen-bond donors (Lipinski definition) is 4. The summed E-state index contributed by atoms with van der Waals surface area (Å²) in [5, 5.41) is 44.3. The molecular weight excluding hydrogens is 416 g/mol. The quantitative estimate of drug-likeness (QED) is 0.460. The van der Waals surface area contributed by atoms with Crippen molar-refractivity contribution in [2.24, 2.45) is 0 Å². The Hall–Kier alpha value is -2.17. The van der Waals surface area contributed by atoms with Crippen LogP contribution >= 0.6 is 0 Å². The molecule has 0 aliphatic carbocycles. The second-order valence-electron chi connectivity index (χ2n) is 7.01. The minimum absolute atomic E-state index is 0.288. The molecule has 9 heteroatoms. The summed E-state index contributed by atoms with van der Waals surface area (Å²) in [5.74, 6) is -1.24. The molecule has 2 heterocycles. The summed E-state index contributed by atoms with van der Waals surface area (Å²) in [6.45, 7) is -13.0. The van der Waals surface area contributed by atoms with Crippen molar-refractivity contribution in [2.45, 2.75) is 83.5 Å². The summed E-state index contributed by atoms with van der Waals surface area (Å²) in [6, 6.07) is 1.65. The first kappa shape index (κ1) is 11.3. The van der Waals surface area contributed by atoms with Gasteiger partial charge in [0.05, 0.1) is 14.1 Å². The van der Waals surface area contributed by atoms with Crippen molar-refractivity contribution in [1.29, 1.82) is 0 Å². The molecule has 1 aromatic heterocycles. The van der Waals surface area contributed by atoms with Crippen molar-refractivity contribution >= 4 is 0 Å². The van der Waals surface area contributed by atoms with Gasteiger partial charge in [-0.1, -0.05) is 12.1 Å². The van der Waals surface area contributed by atoms with Crippen molar-refractivity contribution in [3.63, 3.8) is 0 Å². The van der Waals surface area contributed by atoms with Crippen LogP contribution < -0.4 is 9.47 Å². The number of hydrogen-bond acceptors (Lipinski definition) is 8. The highest BCUT2D eigenvalue weighted by Crippen LogP contribution is 2.31. The third kappa shape index (κ3) is 5.24. The SMILES string of the molecule is [2H]C([2H])(c1ccc(OC([2H])(C([2H])([2H])[2H])C([2H])([2H])[2H])cc1)c1c(O[C@@H]2O[C@H](CO)[C@@H](O)[C@H](O)[C@H]2O)nn(C(C([2H])([2H])[2H])C([2H])([2H])[2H])c1C. The van der Waals surface area contributed by atoms with E-state index in [0.717, 1.165) is 31.2 Å². The molecule has 32 heavy (non-hydrogen) atoms. The molecule has 0 spiro atoms. The highest BCUT2D eigenvalue weighted by Gasteiger charge is 2.45. The van der Waals surface area contributed by atoms with Crippen molar-refractivity contribution in [3.8, 4) is 11.6 Å². The maximum Gasteiger partial charge on any atom is 0.239 e. The van der Waals surface area contributed by atoms with Crippen LogP contribution in [-0.4, -0.2) is 73.6 Å². The Morgan fingerprint density at radius 3 is 2.50 bits per heavy atom. The zero-order valence-corrected chi connectivity index (χ0v) is 16.9. The summed E-state index contributed by atoms with van der Waals surface area (Å²) in [7, 11) is 0. The normalized spacial score (nSPS) is 35.3. The van der Waals surface area contributed by atoms with E-state index < -0.39 is 100 Å². The maximum absolute atomic E-state index is 10.5. The number of aliphatic hydroxyl groups excluding tert-OH is 4. The van der Waals surface area contributed by atoms with Crippen LogP contribution in [0.5, 0.6) is 11.6 Å². The zero-order chi connectivity index (χ0) is 36.3. The summed E-state index contributed by atoms with van der Waals surface area (Å²) in [6.07, 6.45) is -15.3. The lowest BCUT2D eigenvalue weighted by atomic mass is 9.99. The summed E-state index contributed by atoms with van der Waals surface area (Å²) >= 11 is 0. The van der Waals surface area contributed by atoms with Gasteiger partial charge in [-0.25, -0.2) is 0 Å². The van der Waals surface area contributed by atoms with Gasteiger partial charge in [0, 0.05) is 42.9 Å². The predicted molar refractivity (Wildman–Crippen MR) is 117 cm³/mol. The third-order valence-electron chi connectivity index (χ3n) is 4.78. The van der Waals surface area contributed by atoms with Crippen molar-refractivity contribution < 1.29 is 55.2 Å². The molecule has 0 unspecified atom stereocenters. The molecule has 1 fully saturated rings. The van der Waals surface area contributed by atoms with Crippen LogP contribution in [0.4, 0.5) is 0 Å². The third-order valence-corrected chi connectivity index (χ3v) is 4.78. The van der Waals surface area contributed by atoms with Gasteiger partial charge in [0.15, 0.2) is 0 Å². The van der Waals surface area contributed by atoms with E-state index in [-0.39, 0.29) is 11.3 Å². The average Bonchev–Trinajstić information content (AvgIpc) is 3.21. The standard InChI is InChI=1S/C23H34N2O7/c1-12(2)25-14(5)17(10-15-6-8-16(9-7-15)30-13(3)4)22(24-25)32-23-21(29)20(28)19(27)18(11-26)31-23/h6-9,12-13,18-21,23,26-29H,10-11H2,1-5H3/t18-,19-,20+,21-,23+/m1/s1/i1D3,2D3,3D3,4D3,10D2,13D. The van der Waals surface area contributed by atoms with Crippen LogP contribution in [0.25, 0.3) is 0 Å². The second-order valence-corrected chi connectivity index (χ2v) is 7.01. The molecule has 0 amide bonds. The van der Waals surface area contributed by atoms with Crippen molar-refractivity contribution in [1.82, 2.24) is 9.78 Å². The van der Waals surface area contributed by atoms with Gasteiger partial charge in [0.1, 0.15) is 30.2 Å². The van der Waals surface area contributed by atoms with Crippen LogP contribution in [0, 0.1) is 6.92 Å². The molecule has 0 bridgehead atoms. The van der Waals surface area contributed by atoms with E-state index in [4.69, 9.17) is 34.8 Å². The van der Waals surface area contributed by atoms with Crippen LogP contribution in [-0.2, 0) is 11.1 Å². The fourth-order valence-corrected chi connectivity index (χ4v) is 3.11. The lowest BCUT2D eigenvalue weighted by Gasteiger charge is -2.39. The number of rotatable bonds is 8. The molecule has 2 aromatic rings. The Bertz CT molecular complexity index is 1360. The van der Waals surface area contributed by atoms with Crippen LogP contribution in [0.15, 0.2) is 24.3 Å². The molecule has 5 atom stereocenters. The van der Waals surface area contributed by atoms with Gasteiger partial charge in [0.25, 0.3) is 0 Å². The Morgan fingerprint density at radius 2 is 1.88 bits per heavy atom. The van der Waals surface area contributed by atoms with Crippen LogP contribution in [0.3, 0.4) is 0 Å². The molecule has 3 rings (SSSR count). The summed E-state index contributed by atoms with van der Waals surface area (Å²) < 4.78 is 135. The molecule has 1 saturated heterocycles. The average molecular weight is 466 g/mol. The Labute approximate surface area is 209 Å². The molecule has 4 N–H and O–H groups in total. The van der Waals surface area contributed by atoms with Gasteiger partial charge in [-0.05, 0) is 52.0 Å². The molecular formula is C23H34N2O7. The maximum atomic E-state index is 10.5. The molecule has 0 saturated carbocycles. The molecule has 1 aromatic carbocycles. The van der Waals surface area contributed by atoms with E-state index in [1.807, 2.05) is 0 Å². The highest BCUT2D eigenvalue weighted by molar-refractivity contribution is 5.38. The second kappa shape index (κ2) is 10.2. The van der Waals surface area contributed by atoms with Crippen molar-refractivity contribution in [3.05, 3.63) is 41.1 Å². The van der Waals surface area contributed by atoms with Crippen LogP contribution in [0.2, 0.25) is 0 Å². The van der Waals surface area contributed by atoms with E-state index in [2.05, 4.69) is 5.10 Å². The van der Waals surface area contributed by atoms with Crippen molar-refractivity contribution in [2.75, 3.05) is 6.61 Å². The lowest BCUT2D eigenvalue weighted by Crippen LogP contribution is -2.60. The molecule has 0 radical (unpaired) electrons. The molecule has 1 aliphatic heterocycles. The van der Waals surface area contributed by atoms with E-state index >= 15 is 0 Å². The minimum atomic E-state index is -3.43.